The maximum Gasteiger partial charge on any atom is 0.214 e. The van der Waals surface area contributed by atoms with Crippen LogP contribution in [-0.4, -0.2) is 21.0 Å². The van der Waals surface area contributed by atoms with Crippen molar-refractivity contribution in [3.8, 4) is 6.07 Å². The van der Waals surface area contributed by atoms with E-state index in [-0.39, 0.29) is 0 Å². The minimum atomic E-state index is 0.640. The van der Waals surface area contributed by atoms with E-state index in [4.69, 9.17) is 5.26 Å². The molecule has 0 saturated heterocycles. The molecule has 0 amide bonds. The normalized spacial score (nSPS) is 11.2. The number of nitrogens with zero attached hydrogens (tertiary/aromatic N) is 4. The summed E-state index contributed by atoms with van der Waals surface area (Å²) in [6.45, 7) is 0.803. The van der Waals surface area contributed by atoms with Crippen molar-refractivity contribution in [1.29, 1.82) is 5.26 Å². The van der Waals surface area contributed by atoms with Gasteiger partial charge in [0.1, 0.15) is 0 Å². The summed E-state index contributed by atoms with van der Waals surface area (Å²) in [4.78, 5) is 4.57. The Hall–Kier alpha value is -2.32. The second kappa shape index (κ2) is 3.86. The van der Waals surface area contributed by atoms with Crippen LogP contribution in [0.15, 0.2) is 24.4 Å². The average molecular weight is 239 g/mol. The Kier molecular flexibility index (Phi) is 2.32. The third kappa shape index (κ3) is 1.40. The van der Waals surface area contributed by atoms with Crippen LogP contribution in [0, 0.1) is 11.3 Å². The van der Waals surface area contributed by atoms with Crippen LogP contribution < -0.4 is 5.32 Å². The zero-order valence-corrected chi connectivity index (χ0v) is 10.3. The molecular formula is C13H13N5. The SMILES string of the molecule is CNCc1cn2c3ccc(C#N)cc3nc2n1C. The van der Waals surface area contributed by atoms with Crippen LogP contribution in [0.5, 0.6) is 0 Å². The van der Waals surface area contributed by atoms with Gasteiger partial charge in [0, 0.05) is 19.8 Å². The summed E-state index contributed by atoms with van der Waals surface area (Å²) in [5.41, 5.74) is 3.70. The van der Waals surface area contributed by atoms with Gasteiger partial charge in [0.05, 0.1) is 28.4 Å². The molecule has 18 heavy (non-hydrogen) atoms. The van der Waals surface area contributed by atoms with E-state index >= 15 is 0 Å². The summed E-state index contributed by atoms with van der Waals surface area (Å²) in [6.07, 6.45) is 2.08. The topological polar surface area (TPSA) is 58.0 Å². The Morgan fingerprint density at radius 2 is 2.28 bits per heavy atom. The van der Waals surface area contributed by atoms with Crippen LogP contribution >= 0.6 is 0 Å². The first-order valence-corrected chi connectivity index (χ1v) is 5.75. The molecule has 5 nitrogen and oxygen atoms in total. The van der Waals surface area contributed by atoms with Crippen LogP contribution in [0.1, 0.15) is 11.3 Å². The second-order valence-corrected chi connectivity index (χ2v) is 4.31. The summed E-state index contributed by atoms with van der Waals surface area (Å²) < 4.78 is 4.12. The van der Waals surface area contributed by atoms with Crippen molar-refractivity contribution in [2.45, 2.75) is 6.54 Å². The third-order valence-electron chi connectivity index (χ3n) is 3.17. The molecule has 2 heterocycles. The van der Waals surface area contributed by atoms with Gasteiger partial charge in [-0.1, -0.05) is 0 Å². The average Bonchev–Trinajstić information content (AvgIpc) is 2.88. The van der Waals surface area contributed by atoms with Crippen molar-refractivity contribution < 1.29 is 0 Å². The molecule has 0 bridgehead atoms. The Morgan fingerprint density at radius 1 is 1.44 bits per heavy atom. The van der Waals surface area contributed by atoms with Gasteiger partial charge in [0.15, 0.2) is 0 Å². The molecule has 90 valence electrons. The van der Waals surface area contributed by atoms with E-state index in [0.29, 0.717) is 5.56 Å². The molecule has 0 fully saturated rings. The van der Waals surface area contributed by atoms with Gasteiger partial charge in [-0.2, -0.15) is 5.26 Å². The molecule has 1 N–H and O–H groups in total. The van der Waals surface area contributed by atoms with E-state index in [0.717, 1.165) is 23.4 Å². The molecule has 0 unspecified atom stereocenters. The lowest BCUT2D eigenvalue weighted by molar-refractivity contribution is 0.742. The number of fused-ring (bicyclic) bond motifs is 3. The predicted molar refractivity (Wildman–Crippen MR) is 69.1 cm³/mol. The first-order valence-electron chi connectivity index (χ1n) is 5.75. The fourth-order valence-corrected chi connectivity index (χ4v) is 2.23. The Balaban J connectivity index is 2.30. The van der Waals surface area contributed by atoms with Gasteiger partial charge in [0.25, 0.3) is 0 Å². The smallest absolute Gasteiger partial charge is 0.214 e. The van der Waals surface area contributed by atoms with Crippen LogP contribution in [0.4, 0.5) is 0 Å². The zero-order chi connectivity index (χ0) is 12.7. The first-order chi connectivity index (χ1) is 8.74. The number of aryl methyl sites for hydroxylation is 1. The standard InChI is InChI=1S/C13H13N5/c1-15-7-10-8-18-12-4-3-9(6-14)5-11(12)16-13(18)17(10)2/h3-5,8,15H,7H2,1-2H3. The number of nitrogens with one attached hydrogen (secondary N) is 1. The van der Waals surface area contributed by atoms with E-state index in [2.05, 4.69) is 31.5 Å². The van der Waals surface area contributed by atoms with Crippen molar-refractivity contribution in [2.75, 3.05) is 7.05 Å². The maximum absolute atomic E-state index is 8.89. The van der Waals surface area contributed by atoms with Crippen molar-refractivity contribution >= 4 is 16.8 Å². The molecule has 2 aromatic heterocycles. The molecule has 5 heteroatoms. The molecule has 0 saturated carbocycles. The molecule has 0 aliphatic rings. The first kappa shape index (κ1) is 10.8. The van der Waals surface area contributed by atoms with Crippen molar-refractivity contribution in [3.63, 3.8) is 0 Å². The molecule has 0 radical (unpaired) electrons. The van der Waals surface area contributed by atoms with Crippen LogP contribution in [-0.2, 0) is 13.6 Å². The van der Waals surface area contributed by atoms with Crippen molar-refractivity contribution in [3.05, 3.63) is 35.7 Å². The molecule has 3 rings (SSSR count). The lowest BCUT2D eigenvalue weighted by Crippen LogP contribution is -2.08. The quantitative estimate of drug-likeness (QED) is 0.735. The molecule has 3 aromatic rings. The number of hydrogen-bond donors (Lipinski definition) is 1. The van der Waals surface area contributed by atoms with E-state index < -0.39 is 0 Å². The number of benzene rings is 1. The van der Waals surface area contributed by atoms with Crippen molar-refractivity contribution in [2.24, 2.45) is 7.05 Å². The fourth-order valence-electron chi connectivity index (χ4n) is 2.23. The maximum atomic E-state index is 8.89. The lowest BCUT2D eigenvalue weighted by Gasteiger charge is -1.99. The zero-order valence-electron chi connectivity index (χ0n) is 10.3. The number of imidazole rings is 2. The van der Waals surface area contributed by atoms with E-state index in [9.17, 15) is 0 Å². The molecule has 1 aromatic carbocycles. The predicted octanol–water partition coefficient (Wildman–Crippen LogP) is 1.42. The van der Waals surface area contributed by atoms with E-state index in [1.54, 1.807) is 0 Å². The summed E-state index contributed by atoms with van der Waals surface area (Å²) in [7, 11) is 3.92. The van der Waals surface area contributed by atoms with Crippen LogP contribution in [0.3, 0.4) is 0 Å². The third-order valence-corrected chi connectivity index (χ3v) is 3.17. The minimum Gasteiger partial charge on any atom is -0.316 e. The van der Waals surface area contributed by atoms with Gasteiger partial charge in [-0.3, -0.25) is 4.40 Å². The molecule has 0 aliphatic carbocycles. The van der Waals surface area contributed by atoms with Crippen molar-refractivity contribution in [1.82, 2.24) is 19.3 Å². The molecule has 0 aliphatic heterocycles. The highest BCUT2D eigenvalue weighted by Crippen LogP contribution is 2.20. The molecular weight excluding hydrogens is 226 g/mol. The van der Waals surface area contributed by atoms with Crippen LogP contribution in [0.25, 0.3) is 16.8 Å². The summed E-state index contributed by atoms with van der Waals surface area (Å²) in [5, 5.41) is 12.0. The van der Waals surface area contributed by atoms with Gasteiger partial charge < -0.3 is 9.88 Å². The highest BCUT2D eigenvalue weighted by atomic mass is 15.2. The minimum absolute atomic E-state index is 0.640. The fraction of sp³-hybridized carbons (Fsp3) is 0.231. The van der Waals surface area contributed by atoms with Crippen LogP contribution in [0.2, 0.25) is 0 Å². The van der Waals surface area contributed by atoms with Gasteiger partial charge in [-0.05, 0) is 25.2 Å². The highest BCUT2D eigenvalue weighted by Gasteiger charge is 2.11. The van der Waals surface area contributed by atoms with Gasteiger partial charge in [-0.25, -0.2) is 4.98 Å². The number of nitriles is 1. The monoisotopic (exact) mass is 239 g/mol. The van der Waals surface area contributed by atoms with Gasteiger partial charge in [0.2, 0.25) is 5.78 Å². The highest BCUT2D eigenvalue weighted by molar-refractivity contribution is 5.81. The second-order valence-electron chi connectivity index (χ2n) is 4.31. The number of hydrogen-bond acceptors (Lipinski definition) is 3. The van der Waals surface area contributed by atoms with Gasteiger partial charge in [-0.15, -0.1) is 0 Å². The summed E-state index contributed by atoms with van der Waals surface area (Å²) >= 11 is 0. The molecule has 0 spiro atoms. The van der Waals surface area contributed by atoms with E-state index in [1.807, 2.05) is 32.3 Å². The summed E-state index contributed by atoms with van der Waals surface area (Å²) in [5.74, 6) is 0.894. The van der Waals surface area contributed by atoms with Gasteiger partial charge >= 0.3 is 0 Å². The largest absolute Gasteiger partial charge is 0.316 e. The number of aromatic nitrogens is 3. The lowest BCUT2D eigenvalue weighted by atomic mass is 10.2. The van der Waals surface area contributed by atoms with E-state index in [1.165, 1.54) is 5.69 Å². The number of rotatable bonds is 2. The summed E-state index contributed by atoms with van der Waals surface area (Å²) in [6, 6.07) is 7.72. The Morgan fingerprint density at radius 3 is 3.00 bits per heavy atom. The Bertz CT molecular complexity index is 772. The Labute approximate surface area is 104 Å². The molecule has 0 atom stereocenters.